The van der Waals surface area contributed by atoms with Crippen LogP contribution < -0.4 is 9.62 Å². The lowest BCUT2D eigenvalue weighted by Crippen LogP contribution is -2.14. The standard InChI is InChI=1S/C15H18N2O2S/c1-12-6-4-9-15(10-12)20(18,19)16-13-7-5-8-14(11-13)17(2)3/h4-11,16H,1-3H3. The van der Waals surface area contributed by atoms with Crippen LogP contribution in [0.5, 0.6) is 0 Å². The molecule has 5 heteroatoms. The molecule has 0 aromatic heterocycles. The first kappa shape index (κ1) is 14.4. The van der Waals surface area contributed by atoms with Crippen molar-refractivity contribution in [1.82, 2.24) is 0 Å². The number of nitrogens with zero attached hydrogens (tertiary/aromatic N) is 1. The molecule has 0 saturated carbocycles. The van der Waals surface area contributed by atoms with Crippen molar-refractivity contribution in [3.05, 3.63) is 54.1 Å². The molecule has 0 aliphatic heterocycles. The fourth-order valence-corrected chi connectivity index (χ4v) is 3.00. The van der Waals surface area contributed by atoms with E-state index in [9.17, 15) is 8.42 Å². The molecule has 0 bridgehead atoms. The summed E-state index contributed by atoms with van der Waals surface area (Å²) in [7, 11) is 0.275. The van der Waals surface area contributed by atoms with Crippen molar-refractivity contribution in [3.8, 4) is 0 Å². The third kappa shape index (κ3) is 3.30. The zero-order chi connectivity index (χ0) is 14.8. The van der Waals surface area contributed by atoms with Crippen molar-refractivity contribution < 1.29 is 8.42 Å². The van der Waals surface area contributed by atoms with Gasteiger partial charge in [0.2, 0.25) is 0 Å². The molecule has 2 rings (SSSR count). The van der Waals surface area contributed by atoms with Crippen LogP contribution in [0.2, 0.25) is 0 Å². The first-order chi connectivity index (χ1) is 9.38. The third-order valence-electron chi connectivity index (χ3n) is 2.91. The SMILES string of the molecule is Cc1cccc(S(=O)(=O)Nc2cccc(N(C)C)c2)c1. The minimum Gasteiger partial charge on any atom is -0.378 e. The summed E-state index contributed by atoms with van der Waals surface area (Å²) in [6.45, 7) is 1.87. The molecule has 20 heavy (non-hydrogen) atoms. The van der Waals surface area contributed by atoms with Crippen molar-refractivity contribution in [2.45, 2.75) is 11.8 Å². The number of hydrogen-bond donors (Lipinski definition) is 1. The van der Waals surface area contributed by atoms with Crippen LogP contribution in [0.1, 0.15) is 5.56 Å². The van der Waals surface area contributed by atoms with Gasteiger partial charge < -0.3 is 4.90 Å². The van der Waals surface area contributed by atoms with Gasteiger partial charge >= 0.3 is 0 Å². The Morgan fingerprint density at radius 2 is 1.70 bits per heavy atom. The van der Waals surface area contributed by atoms with Gasteiger partial charge in [-0.2, -0.15) is 0 Å². The van der Waals surface area contributed by atoms with Gasteiger partial charge in [0, 0.05) is 19.8 Å². The summed E-state index contributed by atoms with van der Waals surface area (Å²) in [6.07, 6.45) is 0. The Morgan fingerprint density at radius 3 is 2.35 bits per heavy atom. The van der Waals surface area contributed by atoms with Gasteiger partial charge in [-0.05, 0) is 42.8 Å². The zero-order valence-corrected chi connectivity index (χ0v) is 12.6. The Hall–Kier alpha value is -2.01. The molecular formula is C15H18N2O2S. The molecule has 0 unspecified atom stereocenters. The molecule has 0 radical (unpaired) electrons. The minimum atomic E-state index is -3.55. The number of sulfonamides is 1. The largest absolute Gasteiger partial charge is 0.378 e. The van der Waals surface area contributed by atoms with Crippen LogP contribution in [0.4, 0.5) is 11.4 Å². The van der Waals surface area contributed by atoms with Crippen LogP contribution in [0, 0.1) is 6.92 Å². The average molecular weight is 290 g/mol. The number of nitrogens with one attached hydrogen (secondary N) is 1. The van der Waals surface area contributed by atoms with Gasteiger partial charge in [0.25, 0.3) is 10.0 Å². The van der Waals surface area contributed by atoms with Crippen LogP contribution in [0.3, 0.4) is 0 Å². The third-order valence-corrected chi connectivity index (χ3v) is 4.29. The Bertz CT molecular complexity index is 709. The topological polar surface area (TPSA) is 49.4 Å². The summed E-state index contributed by atoms with van der Waals surface area (Å²) in [5.41, 5.74) is 2.40. The van der Waals surface area contributed by atoms with E-state index in [4.69, 9.17) is 0 Å². The van der Waals surface area contributed by atoms with Crippen LogP contribution >= 0.6 is 0 Å². The Kier molecular flexibility index (Phi) is 3.99. The lowest BCUT2D eigenvalue weighted by atomic mass is 10.2. The first-order valence-corrected chi connectivity index (χ1v) is 7.74. The number of anilines is 2. The predicted molar refractivity (Wildman–Crippen MR) is 82.8 cm³/mol. The lowest BCUT2D eigenvalue weighted by Gasteiger charge is -2.14. The quantitative estimate of drug-likeness (QED) is 0.942. The molecule has 0 spiro atoms. The molecule has 0 heterocycles. The second-order valence-corrected chi connectivity index (χ2v) is 6.55. The fraction of sp³-hybridized carbons (Fsp3) is 0.200. The summed E-state index contributed by atoms with van der Waals surface area (Å²) in [4.78, 5) is 2.19. The molecular weight excluding hydrogens is 272 g/mol. The average Bonchev–Trinajstić information content (AvgIpc) is 2.38. The van der Waals surface area contributed by atoms with Gasteiger partial charge in [0.15, 0.2) is 0 Å². The van der Waals surface area contributed by atoms with Gasteiger partial charge in [-0.15, -0.1) is 0 Å². The molecule has 0 amide bonds. The van der Waals surface area contributed by atoms with Gasteiger partial charge in [-0.1, -0.05) is 18.2 Å². The summed E-state index contributed by atoms with van der Waals surface area (Å²) >= 11 is 0. The summed E-state index contributed by atoms with van der Waals surface area (Å²) in [5.74, 6) is 0. The van der Waals surface area contributed by atoms with Crippen molar-refractivity contribution in [1.29, 1.82) is 0 Å². The molecule has 0 atom stereocenters. The van der Waals surface area contributed by atoms with E-state index in [1.54, 1.807) is 30.3 Å². The molecule has 0 aliphatic carbocycles. The molecule has 0 aliphatic rings. The minimum absolute atomic E-state index is 0.271. The van der Waals surface area contributed by atoms with Crippen molar-refractivity contribution in [2.75, 3.05) is 23.7 Å². The van der Waals surface area contributed by atoms with E-state index in [0.717, 1.165) is 11.3 Å². The summed E-state index contributed by atoms with van der Waals surface area (Å²) < 4.78 is 27.2. The van der Waals surface area contributed by atoms with E-state index in [1.807, 2.05) is 44.1 Å². The van der Waals surface area contributed by atoms with Crippen LogP contribution in [-0.4, -0.2) is 22.5 Å². The maximum atomic E-state index is 12.3. The van der Waals surface area contributed by atoms with Gasteiger partial charge in [0.1, 0.15) is 0 Å². The lowest BCUT2D eigenvalue weighted by molar-refractivity contribution is 0.601. The highest BCUT2D eigenvalue weighted by Gasteiger charge is 2.14. The van der Waals surface area contributed by atoms with E-state index in [2.05, 4.69) is 4.72 Å². The molecule has 2 aromatic rings. The number of aryl methyl sites for hydroxylation is 1. The van der Waals surface area contributed by atoms with Gasteiger partial charge in [0.05, 0.1) is 10.6 Å². The van der Waals surface area contributed by atoms with Crippen molar-refractivity contribution >= 4 is 21.4 Å². The molecule has 0 fully saturated rings. The second kappa shape index (κ2) is 5.54. The molecule has 0 saturated heterocycles. The summed E-state index contributed by atoms with van der Waals surface area (Å²) in [5, 5.41) is 0. The normalized spacial score (nSPS) is 11.2. The summed E-state index contributed by atoms with van der Waals surface area (Å²) in [6, 6.07) is 14.1. The number of benzene rings is 2. The van der Waals surface area contributed by atoms with Crippen LogP contribution in [0.25, 0.3) is 0 Å². The van der Waals surface area contributed by atoms with Crippen molar-refractivity contribution in [3.63, 3.8) is 0 Å². The zero-order valence-electron chi connectivity index (χ0n) is 11.8. The van der Waals surface area contributed by atoms with E-state index in [-0.39, 0.29) is 4.90 Å². The Labute approximate surface area is 120 Å². The van der Waals surface area contributed by atoms with Gasteiger partial charge in [-0.3, -0.25) is 4.72 Å². The number of rotatable bonds is 4. The van der Waals surface area contributed by atoms with Crippen molar-refractivity contribution in [2.24, 2.45) is 0 Å². The van der Waals surface area contributed by atoms with E-state index in [1.165, 1.54) is 0 Å². The van der Waals surface area contributed by atoms with Crippen LogP contribution in [-0.2, 0) is 10.0 Å². The maximum Gasteiger partial charge on any atom is 0.261 e. The van der Waals surface area contributed by atoms with E-state index < -0.39 is 10.0 Å². The molecule has 1 N–H and O–H groups in total. The predicted octanol–water partition coefficient (Wildman–Crippen LogP) is 2.86. The molecule has 2 aromatic carbocycles. The fourth-order valence-electron chi connectivity index (χ4n) is 1.84. The highest BCUT2D eigenvalue weighted by molar-refractivity contribution is 7.92. The highest BCUT2D eigenvalue weighted by atomic mass is 32.2. The smallest absolute Gasteiger partial charge is 0.261 e. The van der Waals surface area contributed by atoms with E-state index in [0.29, 0.717) is 5.69 Å². The monoisotopic (exact) mass is 290 g/mol. The maximum absolute atomic E-state index is 12.3. The van der Waals surface area contributed by atoms with Crippen LogP contribution in [0.15, 0.2) is 53.4 Å². The first-order valence-electron chi connectivity index (χ1n) is 6.25. The Morgan fingerprint density at radius 1 is 1.00 bits per heavy atom. The molecule has 106 valence electrons. The highest BCUT2D eigenvalue weighted by Crippen LogP contribution is 2.21. The second-order valence-electron chi connectivity index (χ2n) is 4.87. The van der Waals surface area contributed by atoms with Gasteiger partial charge in [-0.25, -0.2) is 8.42 Å². The van der Waals surface area contributed by atoms with E-state index >= 15 is 0 Å². The Balaban J connectivity index is 2.31. The number of hydrogen-bond acceptors (Lipinski definition) is 3. The molecule has 4 nitrogen and oxygen atoms in total.